The molecule has 37 heavy (non-hydrogen) atoms. The first-order chi connectivity index (χ1) is 17.4. The van der Waals surface area contributed by atoms with Crippen molar-refractivity contribution in [3.63, 3.8) is 0 Å². The van der Waals surface area contributed by atoms with E-state index >= 15 is 0 Å². The molecule has 0 heterocycles. The lowest BCUT2D eigenvalue weighted by Gasteiger charge is -2.34. The van der Waals surface area contributed by atoms with Crippen LogP contribution in [0.15, 0.2) is 66.7 Å². The minimum atomic E-state index is -0.816. The third-order valence-electron chi connectivity index (χ3n) is 5.84. The van der Waals surface area contributed by atoms with Crippen LogP contribution < -0.4 is 10.1 Å². The molecular weight excluding hydrogens is 507 g/mol. The van der Waals surface area contributed by atoms with Crippen molar-refractivity contribution in [2.75, 3.05) is 6.61 Å². The summed E-state index contributed by atoms with van der Waals surface area (Å²) in [5.41, 5.74) is 3.05. The lowest BCUT2D eigenvalue weighted by molar-refractivity contribution is -0.143. The normalized spacial score (nSPS) is 12.1. The third-order valence-corrected chi connectivity index (χ3v) is 6.55. The summed E-state index contributed by atoms with van der Waals surface area (Å²) in [4.78, 5) is 28.9. The number of benzene rings is 3. The van der Waals surface area contributed by atoms with E-state index in [0.717, 1.165) is 16.7 Å². The summed E-state index contributed by atoms with van der Waals surface area (Å²) in [6.45, 7) is 9.48. The van der Waals surface area contributed by atoms with E-state index in [2.05, 4.69) is 5.32 Å². The number of hydrogen-bond donors (Lipinski definition) is 1. The average Bonchev–Trinajstić information content (AvgIpc) is 2.81. The molecule has 0 fully saturated rings. The van der Waals surface area contributed by atoms with Crippen molar-refractivity contribution in [1.29, 1.82) is 0 Å². The molecule has 3 rings (SSSR count). The molecule has 7 heteroatoms. The smallest absolute Gasteiger partial charge is 0.261 e. The van der Waals surface area contributed by atoms with Gasteiger partial charge in [-0.2, -0.15) is 0 Å². The molecule has 0 aliphatic heterocycles. The fourth-order valence-electron chi connectivity index (χ4n) is 4.04. The Morgan fingerprint density at radius 2 is 1.59 bits per heavy atom. The molecule has 1 atom stereocenters. The lowest BCUT2D eigenvalue weighted by Crippen LogP contribution is -2.55. The van der Waals surface area contributed by atoms with Gasteiger partial charge in [0.1, 0.15) is 11.8 Å². The maximum Gasteiger partial charge on any atom is 0.261 e. The Hall–Kier alpha value is -3.02. The maximum atomic E-state index is 13.8. The van der Waals surface area contributed by atoms with Crippen LogP contribution >= 0.6 is 23.2 Å². The van der Waals surface area contributed by atoms with Crippen molar-refractivity contribution in [3.05, 3.63) is 99.0 Å². The molecule has 0 aliphatic carbocycles. The molecule has 0 saturated heterocycles. The van der Waals surface area contributed by atoms with Crippen molar-refractivity contribution >= 4 is 35.0 Å². The van der Waals surface area contributed by atoms with Crippen LogP contribution in [-0.2, 0) is 22.6 Å². The number of nitrogens with one attached hydrogen (secondary N) is 1. The summed E-state index contributed by atoms with van der Waals surface area (Å²) in [7, 11) is 0. The number of carbonyl (C=O) groups excluding carboxylic acids is 2. The summed E-state index contributed by atoms with van der Waals surface area (Å²) in [6.07, 6.45) is 0.320. The SMILES string of the molecule is Cc1ccc(OCC(=O)N(Cc2c(Cl)cccc2Cl)C(Cc2ccccc2)C(=O)NC(C)(C)C)c(C)c1. The first kappa shape index (κ1) is 28.5. The number of halogens is 2. The van der Waals surface area contributed by atoms with Gasteiger partial charge in [-0.25, -0.2) is 0 Å². The minimum absolute atomic E-state index is 0.0582. The Morgan fingerprint density at radius 3 is 2.19 bits per heavy atom. The van der Waals surface area contributed by atoms with E-state index in [0.29, 0.717) is 27.8 Å². The first-order valence-corrected chi connectivity index (χ1v) is 13.0. The Bertz CT molecular complexity index is 1220. The molecule has 5 nitrogen and oxygen atoms in total. The fourth-order valence-corrected chi connectivity index (χ4v) is 4.56. The number of ether oxygens (including phenoxy) is 1. The number of hydrogen-bond acceptors (Lipinski definition) is 3. The number of aryl methyl sites for hydroxylation is 2. The van der Waals surface area contributed by atoms with Crippen molar-refractivity contribution in [2.45, 2.75) is 59.2 Å². The van der Waals surface area contributed by atoms with Gasteiger partial charge in [0.25, 0.3) is 5.91 Å². The highest BCUT2D eigenvalue weighted by Gasteiger charge is 2.33. The summed E-state index contributed by atoms with van der Waals surface area (Å²) in [5.74, 6) is 0.00813. The monoisotopic (exact) mass is 540 g/mol. The van der Waals surface area contributed by atoms with Crippen molar-refractivity contribution in [3.8, 4) is 5.75 Å². The number of carbonyl (C=O) groups is 2. The first-order valence-electron chi connectivity index (χ1n) is 12.2. The molecule has 0 radical (unpaired) electrons. The highest BCUT2D eigenvalue weighted by Crippen LogP contribution is 2.28. The zero-order valence-corrected chi connectivity index (χ0v) is 23.5. The van der Waals surface area contributed by atoms with Crippen LogP contribution in [0.5, 0.6) is 5.75 Å². The summed E-state index contributed by atoms with van der Waals surface area (Å²) in [6, 6.07) is 19.8. The standard InChI is InChI=1S/C30H34Cl2N2O3/c1-20-14-15-27(21(2)16-20)37-19-28(35)34(18-23-24(31)12-9-13-25(23)32)26(29(36)33-30(3,4)5)17-22-10-7-6-8-11-22/h6-16,26H,17-19H2,1-5H3,(H,33,36). The maximum absolute atomic E-state index is 13.8. The van der Waals surface area contributed by atoms with E-state index in [9.17, 15) is 9.59 Å². The molecular formula is C30H34Cl2N2O3. The molecule has 0 spiro atoms. The van der Waals surface area contributed by atoms with Crippen LogP contribution in [0.4, 0.5) is 0 Å². The summed E-state index contributed by atoms with van der Waals surface area (Å²) < 4.78 is 5.92. The van der Waals surface area contributed by atoms with Crippen LogP contribution in [0, 0.1) is 13.8 Å². The Labute approximate surface area is 229 Å². The molecule has 0 aromatic heterocycles. The van der Waals surface area contributed by atoms with E-state index in [1.807, 2.05) is 83.1 Å². The van der Waals surface area contributed by atoms with E-state index < -0.39 is 11.6 Å². The quantitative estimate of drug-likeness (QED) is 0.335. The highest BCUT2D eigenvalue weighted by molar-refractivity contribution is 6.36. The summed E-state index contributed by atoms with van der Waals surface area (Å²) >= 11 is 13.0. The number of nitrogens with zero attached hydrogens (tertiary/aromatic N) is 1. The van der Waals surface area contributed by atoms with Gasteiger partial charge in [0.15, 0.2) is 6.61 Å². The highest BCUT2D eigenvalue weighted by atomic mass is 35.5. The fraction of sp³-hybridized carbons (Fsp3) is 0.333. The molecule has 0 aliphatic rings. The predicted octanol–water partition coefficient (Wildman–Crippen LogP) is 6.54. The molecule has 1 unspecified atom stereocenters. The van der Waals surface area contributed by atoms with Crippen LogP contribution in [0.1, 0.15) is 43.0 Å². The molecule has 196 valence electrons. The third kappa shape index (κ3) is 8.24. The van der Waals surface area contributed by atoms with Crippen molar-refractivity contribution < 1.29 is 14.3 Å². The van der Waals surface area contributed by atoms with E-state index in [-0.39, 0.29) is 25.0 Å². The van der Waals surface area contributed by atoms with Gasteiger partial charge in [0.05, 0.1) is 0 Å². The molecule has 1 N–H and O–H groups in total. The molecule has 0 bridgehead atoms. The van der Waals surface area contributed by atoms with Crippen molar-refractivity contribution in [1.82, 2.24) is 10.2 Å². The molecule has 0 saturated carbocycles. The van der Waals surface area contributed by atoms with Crippen LogP contribution in [-0.4, -0.2) is 34.9 Å². The Balaban J connectivity index is 1.99. The minimum Gasteiger partial charge on any atom is -0.483 e. The van der Waals surface area contributed by atoms with Crippen LogP contribution in [0.3, 0.4) is 0 Å². The van der Waals surface area contributed by atoms with Gasteiger partial charge >= 0.3 is 0 Å². The van der Waals surface area contributed by atoms with Crippen LogP contribution in [0.25, 0.3) is 0 Å². The summed E-state index contributed by atoms with van der Waals surface area (Å²) in [5, 5.41) is 3.89. The number of rotatable bonds is 9. The van der Waals surface area contributed by atoms with E-state index in [1.165, 1.54) is 4.90 Å². The van der Waals surface area contributed by atoms with E-state index in [1.54, 1.807) is 18.2 Å². The lowest BCUT2D eigenvalue weighted by atomic mass is 10.0. The Morgan fingerprint density at radius 1 is 0.946 bits per heavy atom. The second-order valence-electron chi connectivity index (χ2n) is 10.2. The van der Waals surface area contributed by atoms with Gasteiger partial charge in [0, 0.05) is 34.1 Å². The van der Waals surface area contributed by atoms with Gasteiger partial charge < -0.3 is 15.0 Å². The van der Waals surface area contributed by atoms with Crippen molar-refractivity contribution in [2.24, 2.45) is 0 Å². The molecule has 3 aromatic rings. The van der Waals surface area contributed by atoms with Crippen LogP contribution in [0.2, 0.25) is 10.0 Å². The molecule has 2 amide bonds. The number of amides is 2. The average molecular weight is 542 g/mol. The second kappa shape index (κ2) is 12.5. The predicted molar refractivity (Wildman–Crippen MR) is 150 cm³/mol. The van der Waals surface area contributed by atoms with Gasteiger partial charge in [-0.3, -0.25) is 9.59 Å². The largest absolute Gasteiger partial charge is 0.483 e. The Kier molecular flexibility index (Phi) is 9.63. The van der Waals surface area contributed by atoms with Gasteiger partial charge in [0.2, 0.25) is 5.91 Å². The van der Waals surface area contributed by atoms with E-state index in [4.69, 9.17) is 27.9 Å². The topological polar surface area (TPSA) is 58.6 Å². The molecule has 3 aromatic carbocycles. The van der Waals surface area contributed by atoms with Gasteiger partial charge in [-0.05, 0) is 63.9 Å². The van der Waals surface area contributed by atoms with Gasteiger partial charge in [-0.1, -0.05) is 77.3 Å². The van der Waals surface area contributed by atoms with Gasteiger partial charge in [-0.15, -0.1) is 0 Å². The zero-order chi connectivity index (χ0) is 27.2. The second-order valence-corrected chi connectivity index (χ2v) is 11.0. The zero-order valence-electron chi connectivity index (χ0n) is 22.0.